The van der Waals surface area contributed by atoms with Crippen LogP contribution in [0.15, 0.2) is 18.2 Å². The molecule has 1 amide bonds. The summed E-state index contributed by atoms with van der Waals surface area (Å²) in [4.78, 5) is 13.8. The summed E-state index contributed by atoms with van der Waals surface area (Å²) in [6, 6.07) is 4.53. The molecule has 1 unspecified atom stereocenters. The maximum atomic E-state index is 12.2. The van der Waals surface area contributed by atoms with Crippen LogP contribution in [0, 0.1) is 0 Å². The number of amides is 1. The third-order valence-electron chi connectivity index (χ3n) is 3.34. The van der Waals surface area contributed by atoms with Crippen molar-refractivity contribution in [2.75, 3.05) is 19.7 Å². The van der Waals surface area contributed by atoms with Gasteiger partial charge in [0.05, 0.1) is 6.10 Å². The number of aromatic hydroxyl groups is 1. The van der Waals surface area contributed by atoms with Crippen molar-refractivity contribution in [2.24, 2.45) is 0 Å². The lowest BCUT2D eigenvalue weighted by molar-refractivity contribution is -0.140. The van der Waals surface area contributed by atoms with Gasteiger partial charge in [-0.1, -0.05) is 0 Å². The standard InChI is InChI=1S/C13H15NO5/c15-8-1-2-10-11(5-8)19-12(7-18-10)13(17)14-4-3-9(16)6-14/h1-2,5,9,12,15-16H,3-4,6-7H2/t9-,12?/m0/s1. The van der Waals surface area contributed by atoms with Gasteiger partial charge in [-0.2, -0.15) is 0 Å². The minimum absolute atomic E-state index is 0.0621. The number of nitrogens with zero attached hydrogens (tertiary/aromatic N) is 1. The first-order valence-corrected chi connectivity index (χ1v) is 6.23. The number of aliphatic hydroxyl groups is 1. The van der Waals surface area contributed by atoms with E-state index in [1.54, 1.807) is 11.0 Å². The molecule has 1 aromatic rings. The van der Waals surface area contributed by atoms with Gasteiger partial charge in [-0.3, -0.25) is 4.79 Å². The van der Waals surface area contributed by atoms with Crippen LogP contribution in [0.5, 0.6) is 17.2 Å². The Bertz CT molecular complexity index is 504. The van der Waals surface area contributed by atoms with Crippen molar-refractivity contribution in [3.63, 3.8) is 0 Å². The lowest BCUT2D eigenvalue weighted by atomic mass is 10.2. The highest BCUT2D eigenvalue weighted by Gasteiger charge is 2.34. The highest BCUT2D eigenvalue weighted by molar-refractivity contribution is 5.82. The molecule has 1 fully saturated rings. The number of carbonyl (C=O) groups is 1. The molecule has 0 aromatic heterocycles. The second-order valence-corrected chi connectivity index (χ2v) is 4.78. The molecule has 1 saturated heterocycles. The molecular weight excluding hydrogens is 250 g/mol. The Kier molecular flexibility index (Phi) is 2.94. The van der Waals surface area contributed by atoms with Gasteiger partial charge in [-0.05, 0) is 18.6 Å². The number of hydrogen-bond acceptors (Lipinski definition) is 5. The van der Waals surface area contributed by atoms with Crippen LogP contribution < -0.4 is 9.47 Å². The summed E-state index contributed by atoms with van der Waals surface area (Å²) in [6.07, 6.45) is -0.583. The van der Waals surface area contributed by atoms with E-state index in [1.807, 2.05) is 0 Å². The van der Waals surface area contributed by atoms with Gasteiger partial charge >= 0.3 is 0 Å². The van der Waals surface area contributed by atoms with E-state index in [0.29, 0.717) is 31.0 Å². The Hall–Kier alpha value is -1.95. The Morgan fingerprint density at radius 2 is 2.21 bits per heavy atom. The molecule has 0 spiro atoms. The van der Waals surface area contributed by atoms with E-state index < -0.39 is 12.2 Å². The van der Waals surface area contributed by atoms with Crippen LogP contribution >= 0.6 is 0 Å². The predicted octanol–water partition coefficient (Wildman–Crippen LogP) is 0.125. The molecule has 0 radical (unpaired) electrons. The monoisotopic (exact) mass is 265 g/mol. The Labute approximate surface area is 110 Å². The number of β-amino-alcohol motifs (C(OH)–C–C–N with tert-alkyl or cyclic N) is 1. The van der Waals surface area contributed by atoms with E-state index in [4.69, 9.17) is 9.47 Å². The van der Waals surface area contributed by atoms with Crippen LogP contribution in [-0.2, 0) is 4.79 Å². The molecule has 2 aliphatic rings. The molecule has 3 rings (SSSR count). The van der Waals surface area contributed by atoms with E-state index in [0.717, 1.165) is 0 Å². The normalized spacial score (nSPS) is 25.4. The number of fused-ring (bicyclic) bond motifs is 1. The number of ether oxygens (including phenoxy) is 2. The van der Waals surface area contributed by atoms with Crippen molar-refractivity contribution in [1.82, 2.24) is 4.90 Å². The van der Waals surface area contributed by atoms with Gasteiger partial charge in [0, 0.05) is 19.2 Å². The molecule has 1 aromatic carbocycles. The Morgan fingerprint density at radius 3 is 2.95 bits per heavy atom. The largest absolute Gasteiger partial charge is 0.508 e. The molecule has 2 heterocycles. The number of phenolic OH excluding ortho intramolecular Hbond substituents is 1. The van der Waals surface area contributed by atoms with E-state index in [9.17, 15) is 15.0 Å². The molecule has 0 bridgehead atoms. The van der Waals surface area contributed by atoms with E-state index in [1.165, 1.54) is 12.1 Å². The zero-order valence-corrected chi connectivity index (χ0v) is 10.3. The first kappa shape index (κ1) is 12.1. The number of phenols is 1. The maximum absolute atomic E-state index is 12.2. The molecule has 0 aliphatic carbocycles. The van der Waals surface area contributed by atoms with Crippen LogP contribution in [0.4, 0.5) is 0 Å². The van der Waals surface area contributed by atoms with Gasteiger partial charge in [0.25, 0.3) is 5.91 Å². The Morgan fingerprint density at radius 1 is 1.37 bits per heavy atom. The molecule has 0 saturated carbocycles. The Balaban J connectivity index is 1.73. The van der Waals surface area contributed by atoms with Crippen LogP contribution in [0.3, 0.4) is 0 Å². The lowest BCUT2D eigenvalue weighted by Gasteiger charge is -2.28. The summed E-state index contributed by atoms with van der Waals surface area (Å²) in [6.45, 7) is 1.02. The zero-order chi connectivity index (χ0) is 13.4. The quantitative estimate of drug-likeness (QED) is 0.754. The molecule has 6 nitrogen and oxygen atoms in total. The highest BCUT2D eigenvalue weighted by Crippen LogP contribution is 2.35. The SMILES string of the molecule is O=C(C1COc2ccc(O)cc2O1)N1CC[C@H](O)C1. The van der Waals surface area contributed by atoms with E-state index in [-0.39, 0.29) is 18.3 Å². The topological polar surface area (TPSA) is 79.2 Å². The maximum Gasteiger partial charge on any atom is 0.267 e. The average molecular weight is 265 g/mol. The second-order valence-electron chi connectivity index (χ2n) is 4.78. The second kappa shape index (κ2) is 4.62. The van der Waals surface area contributed by atoms with E-state index >= 15 is 0 Å². The highest BCUT2D eigenvalue weighted by atomic mass is 16.6. The molecule has 19 heavy (non-hydrogen) atoms. The van der Waals surface area contributed by atoms with Crippen LogP contribution in [0.1, 0.15) is 6.42 Å². The van der Waals surface area contributed by atoms with Gasteiger partial charge in [0.1, 0.15) is 12.4 Å². The number of benzene rings is 1. The lowest BCUT2D eigenvalue weighted by Crippen LogP contribution is -2.45. The number of likely N-dealkylation sites (tertiary alicyclic amines) is 1. The number of rotatable bonds is 1. The molecule has 6 heteroatoms. The first-order chi connectivity index (χ1) is 9.13. The van der Waals surface area contributed by atoms with Crippen molar-refractivity contribution in [1.29, 1.82) is 0 Å². The molecule has 2 atom stereocenters. The van der Waals surface area contributed by atoms with Crippen LogP contribution in [0.25, 0.3) is 0 Å². The fraction of sp³-hybridized carbons (Fsp3) is 0.462. The van der Waals surface area contributed by atoms with Crippen molar-refractivity contribution in [2.45, 2.75) is 18.6 Å². The van der Waals surface area contributed by atoms with Gasteiger partial charge < -0.3 is 24.6 Å². The smallest absolute Gasteiger partial charge is 0.267 e. The zero-order valence-electron chi connectivity index (χ0n) is 10.3. The predicted molar refractivity (Wildman–Crippen MR) is 65.2 cm³/mol. The van der Waals surface area contributed by atoms with Crippen LogP contribution in [-0.4, -0.2) is 52.9 Å². The van der Waals surface area contributed by atoms with Gasteiger partial charge in [0.15, 0.2) is 11.5 Å². The number of carbonyl (C=O) groups excluding carboxylic acids is 1. The third kappa shape index (κ3) is 2.31. The molecule has 2 aliphatic heterocycles. The summed E-state index contributed by atoms with van der Waals surface area (Å²) in [5.74, 6) is 0.755. The number of aliphatic hydroxyl groups excluding tert-OH is 1. The van der Waals surface area contributed by atoms with Crippen molar-refractivity contribution < 1.29 is 24.5 Å². The average Bonchev–Trinajstić information content (AvgIpc) is 2.83. The summed E-state index contributed by atoms with van der Waals surface area (Å²) in [5.41, 5.74) is 0. The first-order valence-electron chi connectivity index (χ1n) is 6.23. The summed E-state index contributed by atoms with van der Waals surface area (Å²) >= 11 is 0. The van der Waals surface area contributed by atoms with Gasteiger partial charge in [-0.15, -0.1) is 0 Å². The fourth-order valence-electron chi connectivity index (χ4n) is 2.33. The van der Waals surface area contributed by atoms with Crippen LogP contribution in [0.2, 0.25) is 0 Å². The van der Waals surface area contributed by atoms with E-state index in [2.05, 4.69) is 0 Å². The van der Waals surface area contributed by atoms with Gasteiger partial charge in [0.2, 0.25) is 6.10 Å². The molecule has 2 N–H and O–H groups in total. The minimum Gasteiger partial charge on any atom is -0.508 e. The minimum atomic E-state index is -0.723. The van der Waals surface area contributed by atoms with Crippen molar-refractivity contribution >= 4 is 5.91 Å². The van der Waals surface area contributed by atoms with Crippen molar-refractivity contribution in [3.05, 3.63) is 18.2 Å². The summed E-state index contributed by atoms with van der Waals surface area (Å²) < 4.78 is 11.0. The van der Waals surface area contributed by atoms with Crippen molar-refractivity contribution in [3.8, 4) is 17.2 Å². The fourth-order valence-corrected chi connectivity index (χ4v) is 2.33. The van der Waals surface area contributed by atoms with Gasteiger partial charge in [-0.25, -0.2) is 0 Å². The number of hydrogen-bond donors (Lipinski definition) is 2. The third-order valence-corrected chi connectivity index (χ3v) is 3.34. The molecular formula is C13H15NO5. The summed E-state index contributed by atoms with van der Waals surface area (Å²) in [5, 5.41) is 18.8. The molecule has 102 valence electrons. The summed E-state index contributed by atoms with van der Waals surface area (Å²) in [7, 11) is 0.